The van der Waals surface area contributed by atoms with Crippen LogP contribution in [0.15, 0.2) is 100 Å². The number of anilines is 1. The molecule has 4 atom stereocenters. The second kappa shape index (κ2) is 14.6. The van der Waals surface area contributed by atoms with Crippen LogP contribution < -0.4 is 25.6 Å². The summed E-state index contributed by atoms with van der Waals surface area (Å²) < 4.78 is 19.9. The molecule has 3 amide bonds. The van der Waals surface area contributed by atoms with E-state index in [1.807, 2.05) is 92.5 Å². The molecule has 1 spiro atoms. The molecule has 6 aromatic rings. The van der Waals surface area contributed by atoms with Crippen molar-refractivity contribution in [3.05, 3.63) is 141 Å². The van der Waals surface area contributed by atoms with Gasteiger partial charge in [0.15, 0.2) is 23.5 Å². The van der Waals surface area contributed by atoms with Crippen molar-refractivity contribution in [2.75, 3.05) is 18.5 Å². The number of nitrogens with one attached hydrogen (secondary N) is 4. The van der Waals surface area contributed by atoms with Crippen molar-refractivity contribution in [1.82, 2.24) is 25.9 Å². The summed E-state index contributed by atoms with van der Waals surface area (Å²) in [7, 11) is 1.90. The minimum Gasteiger partial charge on any atom is -0.506 e. The van der Waals surface area contributed by atoms with Crippen LogP contribution in [-0.2, 0) is 28.0 Å². The highest BCUT2D eigenvalue weighted by Gasteiger charge is 2.63. The number of carbonyl (C=O) groups excluding carboxylic acids is 4. The lowest BCUT2D eigenvalue weighted by molar-refractivity contribution is -0.124. The molecule has 5 N–H and O–H groups in total. The molecule has 4 bridgehead atoms. The van der Waals surface area contributed by atoms with Crippen LogP contribution in [0, 0.1) is 5.92 Å². The number of fused-ring (bicyclic) bond motifs is 5. The molecule has 9 rings (SSSR count). The van der Waals surface area contributed by atoms with Gasteiger partial charge in [0, 0.05) is 46.2 Å². The zero-order valence-corrected chi connectivity index (χ0v) is 33.8. The highest BCUT2D eigenvalue weighted by molar-refractivity contribution is 9.10. The van der Waals surface area contributed by atoms with Crippen LogP contribution in [0.5, 0.6) is 11.5 Å². The molecule has 0 radical (unpaired) electrons. The zero-order valence-electron chi connectivity index (χ0n) is 32.2. The molecule has 0 fully saturated rings. The Morgan fingerprint density at radius 3 is 2.64 bits per heavy atom. The summed E-state index contributed by atoms with van der Waals surface area (Å²) in [5, 5.41) is 19.4. The van der Waals surface area contributed by atoms with Gasteiger partial charge in [0.1, 0.15) is 35.6 Å². The number of phenolic OH excluding ortho intramolecular Hbond substituents is 1. The molecule has 3 aliphatic heterocycles. The molecule has 59 heavy (non-hydrogen) atoms. The number of ketones is 1. The van der Waals surface area contributed by atoms with E-state index in [1.165, 1.54) is 12.3 Å². The molecule has 4 aromatic carbocycles. The Hall–Kier alpha value is -6.61. The van der Waals surface area contributed by atoms with Crippen molar-refractivity contribution in [2.45, 2.75) is 50.6 Å². The van der Waals surface area contributed by atoms with Crippen molar-refractivity contribution in [3.63, 3.8) is 0 Å². The lowest BCUT2D eigenvalue weighted by Crippen LogP contribution is -2.49. The van der Waals surface area contributed by atoms with E-state index < -0.39 is 54.0 Å². The lowest BCUT2D eigenvalue weighted by atomic mass is 9.72. The third kappa shape index (κ3) is 6.27. The van der Waals surface area contributed by atoms with Gasteiger partial charge in [-0.1, -0.05) is 80.6 Å². The number of para-hydroxylation sites is 2. The predicted octanol–water partition coefficient (Wildman–Crippen LogP) is 6.40. The average molecular weight is 860 g/mol. The first-order chi connectivity index (χ1) is 28.4. The number of hydrogen-bond donors (Lipinski definition) is 5. The van der Waals surface area contributed by atoms with Crippen LogP contribution in [0.2, 0.25) is 0 Å². The average Bonchev–Trinajstić information content (AvgIpc) is 3.99. The van der Waals surface area contributed by atoms with Gasteiger partial charge in [-0.15, -0.1) is 0 Å². The van der Waals surface area contributed by atoms with E-state index >= 15 is 0 Å². The van der Waals surface area contributed by atoms with Crippen molar-refractivity contribution in [3.8, 4) is 11.5 Å². The summed E-state index contributed by atoms with van der Waals surface area (Å²) in [6.07, 6.45) is 0.0830. The molecule has 3 unspecified atom stereocenters. The van der Waals surface area contributed by atoms with E-state index in [4.69, 9.17) is 18.9 Å². The third-order valence-electron chi connectivity index (χ3n) is 11.3. The summed E-state index contributed by atoms with van der Waals surface area (Å²) >= 11 is 3.74. The van der Waals surface area contributed by atoms with Crippen molar-refractivity contribution in [2.24, 2.45) is 5.92 Å². The normalized spacial score (nSPS) is 20.2. The van der Waals surface area contributed by atoms with Crippen LogP contribution in [-0.4, -0.2) is 64.6 Å². The first kappa shape index (κ1) is 37.9. The minimum atomic E-state index is -1.27. The van der Waals surface area contributed by atoms with Crippen LogP contribution in [0.25, 0.3) is 10.9 Å². The van der Waals surface area contributed by atoms with Crippen LogP contribution >= 0.6 is 15.9 Å². The second-order valence-corrected chi connectivity index (χ2v) is 16.1. The number of oxazole rings is 1. The molecule has 0 aliphatic carbocycles. The van der Waals surface area contributed by atoms with E-state index in [1.54, 1.807) is 12.1 Å². The Kier molecular flexibility index (Phi) is 9.42. The van der Waals surface area contributed by atoms with Gasteiger partial charge in [0.25, 0.3) is 5.91 Å². The summed E-state index contributed by atoms with van der Waals surface area (Å²) in [6.45, 7) is 3.38. The standard InChI is InChI=1S/C44H39BrN6O8/c1-22(2)34-41-50-36(40(55)47-20-32(53)26-19-46-35-25(26)11-7-14-31(35)52)38(59-41)44-27-12-8-13-29(45)37(27)51(3)42(44)58-33-16-15-24(17-28(33)44)18-30(39(54)49-34)48-43(56)57-21-23-9-5-4-6-10-23/h4-17,19,22,30,34,42,46,52H,18,20-21H2,1-3H3,(H,47,55)(H,48,56)(H,49,54)/t30-,34?,42?,44?/m0/s1. The molecule has 0 saturated carbocycles. The highest BCUT2D eigenvalue weighted by Crippen LogP contribution is 2.61. The number of aromatic hydroxyl groups is 1. The monoisotopic (exact) mass is 858 g/mol. The van der Waals surface area contributed by atoms with E-state index in [0.29, 0.717) is 33.3 Å². The molecule has 15 heteroatoms. The van der Waals surface area contributed by atoms with Crippen LogP contribution in [0.1, 0.15) is 74.6 Å². The van der Waals surface area contributed by atoms with Gasteiger partial charge in [0.2, 0.25) is 11.8 Å². The Balaban J connectivity index is 1.15. The lowest BCUT2D eigenvalue weighted by Gasteiger charge is -2.30. The minimum absolute atomic E-state index is 0.00400. The van der Waals surface area contributed by atoms with E-state index in [9.17, 15) is 24.3 Å². The number of amides is 3. The first-order valence-electron chi connectivity index (χ1n) is 19.2. The number of nitrogens with zero attached hydrogens (tertiary/aromatic N) is 2. The number of halogens is 1. The fourth-order valence-corrected chi connectivity index (χ4v) is 9.14. The number of carbonyl (C=O) groups is 4. The second-order valence-electron chi connectivity index (χ2n) is 15.3. The molecule has 14 nitrogen and oxygen atoms in total. The van der Waals surface area contributed by atoms with Crippen molar-refractivity contribution >= 4 is 56.2 Å². The van der Waals surface area contributed by atoms with Gasteiger partial charge >= 0.3 is 6.09 Å². The summed E-state index contributed by atoms with van der Waals surface area (Å²) in [5.41, 5.74) is 3.11. The van der Waals surface area contributed by atoms with Gasteiger partial charge in [-0.3, -0.25) is 14.4 Å². The fourth-order valence-electron chi connectivity index (χ4n) is 8.49. The molecular weight excluding hydrogens is 820 g/mol. The number of benzene rings is 4. The Bertz CT molecular complexity index is 2680. The van der Waals surface area contributed by atoms with E-state index in [0.717, 1.165) is 21.3 Å². The van der Waals surface area contributed by atoms with Crippen LogP contribution in [0.3, 0.4) is 0 Å². The number of likely N-dealkylation sites (N-methyl/N-ethyl adjacent to an activating group) is 1. The topological polar surface area (TPSA) is 188 Å². The number of phenols is 1. The molecular formula is C44H39BrN6O8. The number of aromatic amines is 1. The smallest absolute Gasteiger partial charge is 0.408 e. The number of hydrogen-bond acceptors (Lipinski definition) is 10. The van der Waals surface area contributed by atoms with Gasteiger partial charge < -0.3 is 44.8 Å². The maximum absolute atomic E-state index is 14.6. The SMILES string of the molecule is CC(C)C1NC(=O)[C@@H](NC(=O)OCc2ccccc2)Cc2ccc3c(c2)C2(c4cccc(Br)c4N(C)C2O3)c2oc1nc2C(=O)NCC(=O)c1c[nH]c2c(O)cccc12. The zero-order chi connectivity index (χ0) is 41.2. The van der Waals surface area contributed by atoms with Gasteiger partial charge in [-0.2, -0.15) is 0 Å². The summed E-state index contributed by atoms with van der Waals surface area (Å²) in [6, 6.07) is 23.5. The number of aromatic nitrogens is 2. The summed E-state index contributed by atoms with van der Waals surface area (Å²) in [5.74, 6) is -1.13. The maximum Gasteiger partial charge on any atom is 0.408 e. The van der Waals surface area contributed by atoms with Gasteiger partial charge in [-0.25, -0.2) is 9.78 Å². The maximum atomic E-state index is 14.6. The molecule has 300 valence electrons. The number of H-pyrrole nitrogens is 1. The first-order valence-corrected chi connectivity index (χ1v) is 20.0. The predicted molar refractivity (Wildman–Crippen MR) is 219 cm³/mol. The Morgan fingerprint density at radius 2 is 1.85 bits per heavy atom. The molecule has 2 aromatic heterocycles. The van der Waals surface area contributed by atoms with Crippen LogP contribution in [0.4, 0.5) is 10.5 Å². The van der Waals surface area contributed by atoms with Crippen molar-refractivity contribution < 1.29 is 38.2 Å². The summed E-state index contributed by atoms with van der Waals surface area (Å²) in [4.78, 5) is 65.4. The van der Waals surface area contributed by atoms with Crippen molar-refractivity contribution in [1.29, 1.82) is 0 Å². The Morgan fingerprint density at radius 1 is 1.05 bits per heavy atom. The third-order valence-corrected chi connectivity index (χ3v) is 11.9. The quantitative estimate of drug-likeness (QED) is 0.107. The van der Waals surface area contributed by atoms with E-state index in [2.05, 4.69) is 36.9 Å². The van der Waals surface area contributed by atoms with Gasteiger partial charge in [-0.05, 0) is 51.2 Å². The molecule has 5 heterocycles. The van der Waals surface area contributed by atoms with Gasteiger partial charge in [0.05, 0.1) is 17.7 Å². The molecule has 0 saturated heterocycles. The number of rotatable bonds is 8. The number of alkyl carbamates (subject to hydrolysis) is 1. The Labute approximate surface area is 346 Å². The number of Topliss-reactive ketones (excluding diaryl/α,β-unsaturated/α-hetero) is 1. The fraction of sp³-hybridized carbons (Fsp3) is 0.250. The molecule has 3 aliphatic rings. The largest absolute Gasteiger partial charge is 0.506 e. The highest BCUT2D eigenvalue weighted by atomic mass is 79.9. The number of ether oxygens (including phenoxy) is 2. The van der Waals surface area contributed by atoms with E-state index in [-0.39, 0.29) is 42.0 Å².